The first-order valence-electron chi connectivity index (χ1n) is 9.54. The van der Waals surface area contributed by atoms with E-state index in [0.717, 1.165) is 37.3 Å². The van der Waals surface area contributed by atoms with Crippen molar-refractivity contribution in [1.82, 2.24) is 0 Å². The lowest BCUT2D eigenvalue weighted by Gasteiger charge is -2.32. The molecule has 5 heteroatoms. The smallest absolute Gasteiger partial charge is 0.193 e. The van der Waals surface area contributed by atoms with E-state index in [1.165, 1.54) is 43.2 Å². The zero-order valence-electron chi connectivity index (χ0n) is 14.8. The van der Waals surface area contributed by atoms with E-state index in [2.05, 4.69) is 28.5 Å². The molecule has 2 fully saturated rings. The lowest BCUT2D eigenvalue weighted by atomic mass is 9.82. The fourth-order valence-corrected chi connectivity index (χ4v) is 5.17. The van der Waals surface area contributed by atoms with E-state index >= 15 is 0 Å². The zero-order valence-corrected chi connectivity index (χ0v) is 17.2. The van der Waals surface area contributed by atoms with Crippen LogP contribution in [0.15, 0.2) is 23.2 Å². The molecule has 3 unspecified atom stereocenters. The largest absolute Gasteiger partial charge is 0.390 e. The predicted molar refractivity (Wildman–Crippen MR) is 114 cm³/mol. The van der Waals surface area contributed by atoms with Gasteiger partial charge >= 0.3 is 0 Å². The summed E-state index contributed by atoms with van der Waals surface area (Å²) in [6, 6.07) is 6.41. The molecule has 2 bridgehead atoms. The Morgan fingerprint density at radius 1 is 1.28 bits per heavy atom. The summed E-state index contributed by atoms with van der Waals surface area (Å²) >= 11 is 0. The number of aliphatic imine (C=N–C) groups is 1. The van der Waals surface area contributed by atoms with E-state index in [-0.39, 0.29) is 24.0 Å². The highest BCUT2D eigenvalue weighted by atomic mass is 127. The van der Waals surface area contributed by atoms with Gasteiger partial charge in [0.2, 0.25) is 0 Å². The third-order valence-corrected chi connectivity index (χ3v) is 6.43. The summed E-state index contributed by atoms with van der Waals surface area (Å²) in [4.78, 5) is 4.48. The summed E-state index contributed by atoms with van der Waals surface area (Å²) in [5, 5.41) is 14.1. The minimum atomic E-state index is -0.487. The third kappa shape index (κ3) is 3.97. The van der Waals surface area contributed by atoms with E-state index in [4.69, 9.17) is 5.73 Å². The fraction of sp³-hybridized carbons (Fsp3) is 0.650. The summed E-state index contributed by atoms with van der Waals surface area (Å²) in [6.45, 7) is 0.605. The quantitative estimate of drug-likeness (QED) is 0.367. The Hall–Kier alpha value is -0.820. The second-order valence-electron chi connectivity index (χ2n) is 7.98. The molecule has 138 valence electrons. The Morgan fingerprint density at radius 3 is 2.88 bits per heavy atom. The van der Waals surface area contributed by atoms with Crippen LogP contribution in [0.1, 0.15) is 56.1 Å². The predicted octanol–water partition coefficient (Wildman–Crippen LogP) is 3.85. The average Bonchev–Trinajstić information content (AvgIpc) is 3.16. The van der Waals surface area contributed by atoms with Crippen LogP contribution in [0.25, 0.3) is 0 Å². The Kier molecular flexibility index (Phi) is 5.93. The second-order valence-corrected chi connectivity index (χ2v) is 7.98. The van der Waals surface area contributed by atoms with Crippen molar-refractivity contribution in [2.24, 2.45) is 22.6 Å². The molecule has 0 saturated heterocycles. The summed E-state index contributed by atoms with van der Waals surface area (Å²) < 4.78 is 0. The molecule has 4 rings (SSSR count). The summed E-state index contributed by atoms with van der Waals surface area (Å²) in [6.07, 6.45) is 10.2. The first-order valence-corrected chi connectivity index (χ1v) is 9.54. The van der Waals surface area contributed by atoms with Crippen LogP contribution in [-0.4, -0.2) is 23.2 Å². The number of aryl methyl sites for hydroxylation is 1. The molecule has 1 aromatic carbocycles. The molecule has 25 heavy (non-hydrogen) atoms. The average molecular weight is 455 g/mol. The minimum absolute atomic E-state index is 0. The monoisotopic (exact) mass is 455 g/mol. The number of fused-ring (bicyclic) bond motifs is 3. The second kappa shape index (κ2) is 7.82. The van der Waals surface area contributed by atoms with Gasteiger partial charge in [-0.25, -0.2) is 0 Å². The number of hydrogen-bond acceptors (Lipinski definition) is 2. The van der Waals surface area contributed by atoms with Gasteiger partial charge in [0.05, 0.1) is 5.60 Å². The molecule has 0 spiro atoms. The molecular formula is C20H30IN3O. The molecule has 2 saturated carbocycles. The van der Waals surface area contributed by atoms with Crippen LogP contribution in [0, 0.1) is 11.8 Å². The van der Waals surface area contributed by atoms with Gasteiger partial charge < -0.3 is 16.2 Å². The molecule has 1 aromatic rings. The van der Waals surface area contributed by atoms with Crippen molar-refractivity contribution in [3.05, 3.63) is 29.3 Å². The summed E-state index contributed by atoms with van der Waals surface area (Å²) in [7, 11) is 0. The number of anilines is 1. The lowest BCUT2D eigenvalue weighted by molar-refractivity contribution is -0.0181. The van der Waals surface area contributed by atoms with Crippen molar-refractivity contribution < 1.29 is 5.11 Å². The molecule has 0 heterocycles. The highest BCUT2D eigenvalue weighted by molar-refractivity contribution is 14.0. The number of aliphatic hydroxyl groups is 1. The van der Waals surface area contributed by atoms with Crippen LogP contribution in [0.2, 0.25) is 0 Å². The van der Waals surface area contributed by atoms with Crippen molar-refractivity contribution >= 4 is 35.6 Å². The molecule has 3 aliphatic carbocycles. The van der Waals surface area contributed by atoms with Gasteiger partial charge in [-0.1, -0.05) is 12.1 Å². The SMILES string of the molecule is I.NC(=NCCC1(O)CC2CCC1C2)Nc1cccc2c1CCCC2. The molecule has 0 amide bonds. The van der Waals surface area contributed by atoms with Gasteiger partial charge in [0.1, 0.15) is 0 Å². The maximum atomic E-state index is 10.8. The highest BCUT2D eigenvalue weighted by Gasteiger charge is 2.49. The van der Waals surface area contributed by atoms with Gasteiger partial charge in [0.25, 0.3) is 0 Å². The van der Waals surface area contributed by atoms with Gasteiger partial charge in [0.15, 0.2) is 5.96 Å². The first-order chi connectivity index (χ1) is 11.6. The maximum Gasteiger partial charge on any atom is 0.193 e. The number of guanidine groups is 1. The molecule has 4 N–H and O–H groups in total. The summed E-state index contributed by atoms with van der Waals surface area (Å²) in [5.41, 5.74) is 9.55. The van der Waals surface area contributed by atoms with Crippen molar-refractivity contribution in [3.63, 3.8) is 0 Å². The summed E-state index contributed by atoms with van der Waals surface area (Å²) in [5.74, 6) is 1.71. The zero-order chi connectivity index (χ0) is 16.6. The van der Waals surface area contributed by atoms with Crippen molar-refractivity contribution in [1.29, 1.82) is 0 Å². The molecule has 3 aliphatic rings. The number of benzene rings is 1. The molecule has 0 aromatic heterocycles. The highest BCUT2D eigenvalue weighted by Crippen LogP contribution is 2.52. The van der Waals surface area contributed by atoms with Crippen LogP contribution in [0.4, 0.5) is 5.69 Å². The van der Waals surface area contributed by atoms with Gasteiger partial charge in [-0.05, 0) is 86.8 Å². The molecular weight excluding hydrogens is 425 g/mol. The molecule has 0 radical (unpaired) electrons. The lowest BCUT2D eigenvalue weighted by Crippen LogP contribution is -2.36. The van der Waals surface area contributed by atoms with Crippen molar-refractivity contribution in [3.8, 4) is 0 Å². The van der Waals surface area contributed by atoms with E-state index in [0.29, 0.717) is 18.4 Å². The maximum absolute atomic E-state index is 10.8. The number of hydrogen-bond donors (Lipinski definition) is 3. The van der Waals surface area contributed by atoms with Gasteiger partial charge in [-0.2, -0.15) is 0 Å². The van der Waals surface area contributed by atoms with Crippen LogP contribution in [-0.2, 0) is 12.8 Å². The number of nitrogens with one attached hydrogen (secondary N) is 1. The van der Waals surface area contributed by atoms with E-state index < -0.39 is 5.60 Å². The van der Waals surface area contributed by atoms with Crippen molar-refractivity contribution in [2.75, 3.05) is 11.9 Å². The normalized spacial score (nSPS) is 30.7. The van der Waals surface area contributed by atoms with Gasteiger partial charge in [-0.3, -0.25) is 4.99 Å². The topological polar surface area (TPSA) is 70.6 Å². The Balaban J connectivity index is 0.00000182. The Labute approximate surface area is 167 Å². The van der Waals surface area contributed by atoms with Gasteiger partial charge in [0, 0.05) is 12.2 Å². The molecule has 0 aliphatic heterocycles. The number of rotatable bonds is 4. The Morgan fingerprint density at radius 2 is 2.12 bits per heavy atom. The van der Waals surface area contributed by atoms with Gasteiger partial charge in [-0.15, -0.1) is 24.0 Å². The van der Waals surface area contributed by atoms with Crippen molar-refractivity contribution in [2.45, 2.75) is 63.4 Å². The van der Waals surface area contributed by atoms with Crippen LogP contribution in [0.5, 0.6) is 0 Å². The Bertz CT molecular complexity index is 648. The number of nitrogens with two attached hydrogens (primary N) is 1. The third-order valence-electron chi connectivity index (χ3n) is 6.43. The fourth-order valence-electron chi connectivity index (χ4n) is 5.17. The van der Waals surface area contributed by atoms with E-state index in [9.17, 15) is 5.11 Å². The standard InChI is InChI=1S/C20H29N3O.HI/c21-19(22-11-10-20(24)13-14-8-9-16(20)12-14)23-18-7-3-5-15-4-1-2-6-17(15)18;/h3,5,7,14,16,24H,1-2,4,6,8-13H2,(H3,21,22,23);1H. The van der Waals surface area contributed by atoms with E-state index in [1.54, 1.807) is 0 Å². The molecule has 4 nitrogen and oxygen atoms in total. The molecule has 3 atom stereocenters. The number of halogens is 1. The minimum Gasteiger partial charge on any atom is -0.390 e. The van der Waals surface area contributed by atoms with Crippen LogP contribution >= 0.6 is 24.0 Å². The van der Waals surface area contributed by atoms with Crippen LogP contribution in [0.3, 0.4) is 0 Å². The first kappa shape index (κ1) is 19.0. The van der Waals surface area contributed by atoms with E-state index in [1.807, 2.05) is 0 Å². The number of nitrogens with zero attached hydrogens (tertiary/aromatic N) is 1. The van der Waals surface area contributed by atoms with Crippen LogP contribution < -0.4 is 11.1 Å².